The molecule has 12 rings (SSSR count). The van der Waals surface area contributed by atoms with E-state index >= 15 is 0 Å². The zero-order valence-corrected chi connectivity index (χ0v) is 41.7. The van der Waals surface area contributed by atoms with Gasteiger partial charge in [0.1, 0.15) is 11.6 Å². The first-order valence-corrected chi connectivity index (χ1v) is 24.8. The third kappa shape index (κ3) is 8.46. The molecule has 0 fully saturated rings. The summed E-state index contributed by atoms with van der Waals surface area (Å²) in [4.78, 5) is 0. The maximum absolute atomic E-state index is 14.9. The van der Waals surface area contributed by atoms with Gasteiger partial charge in [-0.25, -0.2) is 0 Å². The van der Waals surface area contributed by atoms with E-state index in [0.717, 1.165) is 100 Å². The molecule has 0 unspecified atom stereocenters. The Bertz CT molecular complexity index is 3920. The lowest BCUT2D eigenvalue weighted by molar-refractivity contribution is -0.143. The van der Waals surface area contributed by atoms with Gasteiger partial charge < -0.3 is 9.13 Å². The van der Waals surface area contributed by atoms with Gasteiger partial charge in [0.15, 0.2) is 0 Å². The number of hydrogen-bond donors (Lipinski definition) is 0. The Morgan fingerprint density at radius 3 is 0.855 bits per heavy atom. The molecule has 3 nitrogen and oxygen atoms in total. The van der Waals surface area contributed by atoms with Gasteiger partial charge >= 0.3 is 12.4 Å². The summed E-state index contributed by atoms with van der Waals surface area (Å²) >= 11 is 0. The topological polar surface area (TPSA) is 33.6 Å². The third-order valence-corrected chi connectivity index (χ3v) is 14.6. The van der Waals surface area contributed by atoms with E-state index in [-0.39, 0.29) is 34.1 Å². The second-order valence-electron chi connectivity index (χ2n) is 19.9. The number of aromatic nitrogens is 2. The van der Waals surface area contributed by atoms with Crippen molar-refractivity contribution in [3.05, 3.63) is 239 Å². The lowest BCUT2D eigenvalue weighted by Crippen LogP contribution is -2.11. The van der Waals surface area contributed by atoms with Crippen LogP contribution in [0, 0.1) is 39.0 Å². The number of alkyl halides is 6. The number of fused-ring (bicyclic) bond motifs is 6. The molecule has 10 aromatic carbocycles. The van der Waals surface area contributed by atoms with Crippen LogP contribution < -0.4 is 0 Å². The van der Waals surface area contributed by atoms with Gasteiger partial charge in [0.2, 0.25) is 0 Å². The molecule has 0 radical (unpaired) electrons. The summed E-state index contributed by atoms with van der Waals surface area (Å²) < 4.78 is 93.1. The third-order valence-electron chi connectivity index (χ3n) is 14.6. The summed E-state index contributed by atoms with van der Waals surface area (Å²) in [6.45, 7) is 8.05. The fraction of sp³-hybridized carbons (Fsp3) is 0.0896. The van der Waals surface area contributed by atoms with Crippen LogP contribution in [-0.2, 0) is 12.4 Å². The highest BCUT2D eigenvalue weighted by molar-refractivity contribution is 6.13. The van der Waals surface area contributed by atoms with Crippen molar-refractivity contribution in [2.45, 2.75) is 40.0 Å². The molecular formula is C67H45F6N3. The molecule has 0 N–H and O–H groups in total. The smallest absolute Gasteiger partial charge is 0.308 e. The maximum atomic E-state index is 14.9. The fourth-order valence-corrected chi connectivity index (χ4v) is 10.9. The van der Waals surface area contributed by atoms with Crippen LogP contribution in [0.5, 0.6) is 0 Å². The lowest BCUT2D eigenvalue weighted by Gasteiger charge is -2.20. The summed E-state index contributed by atoms with van der Waals surface area (Å²) in [5, 5.41) is 15.3. The van der Waals surface area contributed by atoms with Crippen molar-refractivity contribution in [1.82, 2.24) is 9.13 Å². The van der Waals surface area contributed by atoms with Crippen molar-refractivity contribution in [3.8, 4) is 73.1 Å². The van der Waals surface area contributed by atoms with Gasteiger partial charge in [0.25, 0.3) is 0 Å². The molecule has 0 aliphatic heterocycles. The highest BCUT2D eigenvalue weighted by atomic mass is 19.4. The molecule has 0 bridgehead atoms. The molecule has 76 heavy (non-hydrogen) atoms. The van der Waals surface area contributed by atoms with Crippen LogP contribution in [0.4, 0.5) is 26.3 Å². The first kappa shape index (κ1) is 47.8. The zero-order valence-electron chi connectivity index (χ0n) is 41.7. The quantitative estimate of drug-likeness (QED) is 0.147. The second-order valence-corrected chi connectivity index (χ2v) is 19.9. The van der Waals surface area contributed by atoms with Crippen molar-refractivity contribution < 1.29 is 26.3 Å². The minimum Gasteiger partial charge on any atom is -0.308 e. The number of rotatable bonds is 7. The standard InChI is InChI=1S/C67H45F6N3/c1-39-9-5-13-43(25-39)47-17-21-55-56-22-18-48(44-14-6-10-40(2)26-44)32-61(56)75(60(55)31-47)64-35-52(51-29-53(66(68,69)70)37-54(30-51)67(71,72)73)36-65(59(64)38-74)76-62-33-49(45-15-7-11-41(3)27-45)19-23-57(62)58-24-20-50(34-63(58)76)46-16-8-12-42(4)28-46/h5-37H,1-4H3. The minimum atomic E-state index is -5.12. The highest BCUT2D eigenvalue weighted by Gasteiger charge is 2.37. The van der Waals surface area contributed by atoms with Gasteiger partial charge in [-0.1, -0.05) is 168 Å². The molecule has 0 spiro atoms. The summed E-state index contributed by atoms with van der Waals surface area (Å²) in [5.74, 6) is 0. The first-order valence-electron chi connectivity index (χ1n) is 24.8. The minimum absolute atomic E-state index is 0.0416. The van der Waals surface area contributed by atoms with Gasteiger partial charge in [-0.2, -0.15) is 31.6 Å². The largest absolute Gasteiger partial charge is 0.416 e. The summed E-state index contributed by atoms with van der Waals surface area (Å²) in [5.41, 5.74) is 11.7. The Hall–Kier alpha value is -9.13. The van der Waals surface area contributed by atoms with E-state index in [2.05, 4.69) is 30.3 Å². The van der Waals surface area contributed by atoms with Crippen LogP contribution in [0.1, 0.15) is 38.9 Å². The van der Waals surface area contributed by atoms with Crippen LogP contribution in [0.3, 0.4) is 0 Å². The molecule has 0 aliphatic carbocycles. The number of nitriles is 1. The zero-order chi connectivity index (χ0) is 52.8. The number of aryl methyl sites for hydroxylation is 4. The van der Waals surface area contributed by atoms with Gasteiger partial charge in [-0.15, -0.1) is 0 Å². The van der Waals surface area contributed by atoms with E-state index in [0.29, 0.717) is 22.1 Å². The molecule has 0 saturated heterocycles. The molecule has 9 heteroatoms. The van der Waals surface area contributed by atoms with E-state index in [4.69, 9.17) is 0 Å². The molecule has 0 amide bonds. The predicted molar refractivity (Wildman–Crippen MR) is 296 cm³/mol. The van der Waals surface area contributed by atoms with E-state index in [1.54, 1.807) is 12.1 Å². The monoisotopic (exact) mass is 1010 g/mol. The van der Waals surface area contributed by atoms with Crippen LogP contribution in [0.15, 0.2) is 200 Å². The van der Waals surface area contributed by atoms with Gasteiger partial charge in [-0.05, 0) is 138 Å². The molecule has 0 aliphatic rings. The van der Waals surface area contributed by atoms with E-state index < -0.39 is 23.5 Å². The highest BCUT2D eigenvalue weighted by Crippen LogP contribution is 2.45. The molecule has 0 saturated carbocycles. The van der Waals surface area contributed by atoms with Crippen LogP contribution in [-0.4, -0.2) is 9.13 Å². The van der Waals surface area contributed by atoms with Gasteiger partial charge in [-0.3, -0.25) is 0 Å². The van der Waals surface area contributed by atoms with Crippen LogP contribution in [0.25, 0.3) is 111 Å². The van der Waals surface area contributed by atoms with Crippen molar-refractivity contribution in [2.24, 2.45) is 0 Å². The average Bonchev–Trinajstić information content (AvgIpc) is 3.96. The molecule has 12 aromatic rings. The fourth-order valence-electron chi connectivity index (χ4n) is 10.9. The SMILES string of the molecule is Cc1cccc(-c2ccc3c4ccc(-c5cccc(C)c5)cc4n(-c4cc(-c5cc(C(F)(F)F)cc(C(F)(F)F)c5)cc(-n5c6cc(-c7cccc(C)c7)ccc6c6ccc(-c7cccc(C)c7)cc65)c4C#N)c3c2)c1. The van der Waals surface area contributed by atoms with E-state index in [1.807, 2.05) is 182 Å². The average molecular weight is 1010 g/mol. The number of halogens is 6. The molecule has 0 atom stereocenters. The van der Waals surface area contributed by atoms with Gasteiger partial charge in [0, 0.05) is 21.5 Å². The van der Waals surface area contributed by atoms with Crippen molar-refractivity contribution in [1.29, 1.82) is 5.26 Å². The number of benzene rings is 10. The summed E-state index contributed by atoms with van der Waals surface area (Å²) in [6, 6.07) is 64.2. The second kappa shape index (κ2) is 18.1. The Kier molecular flexibility index (Phi) is 11.4. The van der Waals surface area contributed by atoms with Crippen molar-refractivity contribution in [3.63, 3.8) is 0 Å². The maximum Gasteiger partial charge on any atom is 0.416 e. The first-order chi connectivity index (χ1) is 36.5. The van der Waals surface area contributed by atoms with Gasteiger partial charge in [0.05, 0.1) is 44.6 Å². The molecule has 370 valence electrons. The van der Waals surface area contributed by atoms with Crippen molar-refractivity contribution in [2.75, 3.05) is 0 Å². The Labute approximate surface area is 434 Å². The molecular weight excluding hydrogens is 961 g/mol. The van der Waals surface area contributed by atoms with Crippen molar-refractivity contribution >= 4 is 43.6 Å². The Morgan fingerprint density at radius 2 is 0.592 bits per heavy atom. The molecule has 2 heterocycles. The normalized spacial score (nSPS) is 12.1. The number of nitrogens with zero attached hydrogens (tertiary/aromatic N) is 3. The van der Waals surface area contributed by atoms with Crippen LogP contribution >= 0.6 is 0 Å². The Morgan fingerprint density at radius 1 is 0.316 bits per heavy atom. The number of hydrogen-bond acceptors (Lipinski definition) is 1. The predicted octanol–water partition coefficient (Wildman–Crippen LogP) is 19.4. The summed E-state index contributed by atoms with van der Waals surface area (Å²) in [7, 11) is 0. The van der Waals surface area contributed by atoms with E-state index in [9.17, 15) is 31.6 Å². The van der Waals surface area contributed by atoms with Crippen LogP contribution in [0.2, 0.25) is 0 Å². The van der Waals surface area contributed by atoms with E-state index in [1.165, 1.54) is 0 Å². The Balaban J connectivity index is 1.26. The lowest BCUT2D eigenvalue weighted by atomic mass is 9.96. The summed E-state index contributed by atoms with van der Waals surface area (Å²) in [6.07, 6.45) is -10.2. The molecule has 2 aromatic heterocycles.